The Morgan fingerprint density at radius 3 is 2.40 bits per heavy atom. The summed E-state index contributed by atoms with van der Waals surface area (Å²) >= 11 is 0. The number of halogens is 3. The lowest BCUT2D eigenvalue weighted by Gasteiger charge is -2.15. The van der Waals surface area contributed by atoms with Crippen LogP contribution in [0.5, 0.6) is 0 Å². The highest BCUT2D eigenvalue weighted by Crippen LogP contribution is 2.29. The van der Waals surface area contributed by atoms with Crippen LogP contribution >= 0.6 is 0 Å². The highest BCUT2D eigenvalue weighted by molar-refractivity contribution is 5.98. The molecular weight excluding hydrogens is 399 g/mol. The molecule has 2 aromatic rings. The van der Waals surface area contributed by atoms with Gasteiger partial charge in [-0.3, -0.25) is 14.4 Å². The highest BCUT2D eigenvalue weighted by atomic mass is 19.4. The summed E-state index contributed by atoms with van der Waals surface area (Å²) in [6.07, 6.45) is -3.14. The molecule has 1 aliphatic rings. The first-order valence-corrected chi connectivity index (χ1v) is 9.35. The second-order valence-electron chi connectivity index (χ2n) is 6.85. The van der Waals surface area contributed by atoms with Gasteiger partial charge in [0.1, 0.15) is 0 Å². The topological polar surface area (TPSA) is 78.5 Å². The van der Waals surface area contributed by atoms with Gasteiger partial charge in [0.2, 0.25) is 11.8 Å². The Hall–Kier alpha value is -3.36. The van der Waals surface area contributed by atoms with Gasteiger partial charge in [0.15, 0.2) is 0 Å². The molecule has 0 atom stereocenters. The van der Waals surface area contributed by atoms with E-state index in [2.05, 4.69) is 10.6 Å². The van der Waals surface area contributed by atoms with Crippen molar-refractivity contribution < 1.29 is 27.6 Å². The number of nitrogens with zero attached hydrogens (tertiary/aromatic N) is 1. The van der Waals surface area contributed by atoms with Crippen molar-refractivity contribution in [2.75, 3.05) is 18.0 Å². The summed E-state index contributed by atoms with van der Waals surface area (Å²) in [6.45, 7) is 0.248. The number of carbonyl (C=O) groups is 3. The van der Waals surface area contributed by atoms with Crippen LogP contribution in [-0.2, 0) is 22.3 Å². The van der Waals surface area contributed by atoms with Gasteiger partial charge in [-0.2, -0.15) is 13.2 Å². The van der Waals surface area contributed by atoms with Crippen molar-refractivity contribution >= 4 is 23.4 Å². The highest BCUT2D eigenvalue weighted by Gasteiger charge is 2.30. The first-order chi connectivity index (χ1) is 14.2. The fraction of sp³-hybridized carbons (Fsp3) is 0.286. The summed E-state index contributed by atoms with van der Waals surface area (Å²) in [4.78, 5) is 37.5. The zero-order valence-electron chi connectivity index (χ0n) is 16.0. The summed E-state index contributed by atoms with van der Waals surface area (Å²) in [7, 11) is 0. The van der Waals surface area contributed by atoms with E-state index >= 15 is 0 Å². The maximum Gasteiger partial charge on any atom is 0.416 e. The lowest BCUT2D eigenvalue weighted by Crippen LogP contribution is -2.36. The van der Waals surface area contributed by atoms with Crippen molar-refractivity contribution in [1.29, 1.82) is 0 Å². The van der Waals surface area contributed by atoms with E-state index in [1.807, 2.05) is 0 Å². The lowest BCUT2D eigenvalue weighted by atomic mass is 10.1. The Balaban J connectivity index is 1.47. The maximum atomic E-state index is 12.7. The van der Waals surface area contributed by atoms with E-state index in [1.165, 1.54) is 12.1 Å². The standard InChI is InChI=1S/C21H20F3N3O3/c22-21(23,24)16-4-1-3-14(11-16)12-25-18(28)13-26-20(30)15-6-8-17(9-7-15)27-10-2-5-19(27)29/h1,3-4,6-9,11H,2,5,10,12-13H2,(H,25,28)(H,26,30). The van der Waals surface area contributed by atoms with Gasteiger partial charge in [-0.05, 0) is 48.4 Å². The molecule has 3 rings (SSSR count). The third kappa shape index (κ3) is 5.37. The average molecular weight is 419 g/mol. The van der Waals surface area contributed by atoms with Crippen molar-refractivity contribution in [3.05, 3.63) is 65.2 Å². The predicted molar refractivity (Wildman–Crippen MR) is 104 cm³/mol. The zero-order chi connectivity index (χ0) is 21.7. The molecule has 0 aliphatic carbocycles. The van der Waals surface area contributed by atoms with Crippen molar-refractivity contribution in [2.45, 2.75) is 25.6 Å². The van der Waals surface area contributed by atoms with Crippen LogP contribution in [0.2, 0.25) is 0 Å². The SMILES string of the molecule is O=C(CNC(=O)c1ccc(N2CCCC2=O)cc1)NCc1cccc(C(F)(F)F)c1. The van der Waals surface area contributed by atoms with E-state index in [4.69, 9.17) is 0 Å². The van der Waals surface area contributed by atoms with E-state index in [1.54, 1.807) is 29.2 Å². The second-order valence-corrected chi connectivity index (χ2v) is 6.85. The quantitative estimate of drug-likeness (QED) is 0.756. The minimum Gasteiger partial charge on any atom is -0.350 e. The van der Waals surface area contributed by atoms with Gasteiger partial charge in [-0.1, -0.05) is 12.1 Å². The summed E-state index contributed by atoms with van der Waals surface area (Å²) in [5.74, 6) is -0.951. The molecule has 1 fully saturated rings. The van der Waals surface area contributed by atoms with Crippen LogP contribution in [0.4, 0.5) is 18.9 Å². The molecule has 2 aromatic carbocycles. The molecule has 3 amide bonds. The molecule has 2 N–H and O–H groups in total. The summed E-state index contributed by atoms with van der Waals surface area (Å²) in [5, 5.41) is 4.93. The van der Waals surface area contributed by atoms with Crippen LogP contribution < -0.4 is 15.5 Å². The van der Waals surface area contributed by atoms with Gasteiger partial charge in [-0.25, -0.2) is 0 Å². The van der Waals surface area contributed by atoms with Crippen molar-refractivity contribution in [2.24, 2.45) is 0 Å². The number of nitrogens with one attached hydrogen (secondary N) is 2. The fourth-order valence-corrected chi connectivity index (χ4v) is 3.10. The summed E-state index contributed by atoms with van der Waals surface area (Å²) in [6, 6.07) is 11.1. The molecule has 0 radical (unpaired) electrons. The molecule has 1 aliphatic heterocycles. The number of amides is 3. The molecule has 0 bridgehead atoms. The van der Waals surface area contributed by atoms with Gasteiger partial charge in [-0.15, -0.1) is 0 Å². The Bertz CT molecular complexity index is 943. The van der Waals surface area contributed by atoms with E-state index in [-0.39, 0.29) is 19.0 Å². The molecule has 6 nitrogen and oxygen atoms in total. The predicted octanol–water partition coefficient (Wildman–Crippen LogP) is 2.88. The Morgan fingerprint density at radius 1 is 1.03 bits per heavy atom. The van der Waals surface area contributed by atoms with Crippen molar-refractivity contribution in [3.63, 3.8) is 0 Å². The minimum atomic E-state index is -4.45. The third-order valence-electron chi connectivity index (χ3n) is 4.67. The Labute approximate surface area is 171 Å². The monoisotopic (exact) mass is 419 g/mol. The molecule has 0 spiro atoms. The molecule has 1 saturated heterocycles. The van der Waals surface area contributed by atoms with E-state index in [0.717, 1.165) is 18.6 Å². The van der Waals surface area contributed by atoms with Crippen LogP contribution in [-0.4, -0.2) is 30.8 Å². The van der Waals surface area contributed by atoms with Gasteiger partial charge in [0, 0.05) is 30.8 Å². The summed E-state index contributed by atoms with van der Waals surface area (Å²) < 4.78 is 38.1. The number of hydrogen-bond donors (Lipinski definition) is 2. The number of anilines is 1. The third-order valence-corrected chi connectivity index (χ3v) is 4.67. The number of rotatable bonds is 6. The van der Waals surface area contributed by atoms with Gasteiger partial charge >= 0.3 is 6.18 Å². The van der Waals surface area contributed by atoms with Crippen LogP contribution in [0.3, 0.4) is 0 Å². The number of carbonyl (C=O) groups excluding carboxylic acids is 3. The molecule has 158 valence electrons. The number of alkyl halides is 3. The lowest BCUT2D eigenvalue weighted by molar-refractivity contribution is -0.137. The van der Waals surface area contributed by atoms with E-state index in [9.17, 15) is 27.6 Å². The Morgan fingerprint density at radius 2 is 1.77 bits per heavy atom. The van der Waals surface area contributed by atoms with Crippen molar-refractivity contribution in [3.8, 4) is 0 Å². The normalized spacial score (nSPS) is 14.0. The fourth-order valence-electron chi connectivity index (χ4n) is 3.10. The first kappa shape index (κ1) is 21.4. The van der Waals surface area contributed by atoms with Crippen LogP contribution in [0.15, 0.2) is 48.5 Å². The number of hydrogen-bond acceptors (Lipinski definition) is 3. The molecule has 0 unspecified atom stereocenters. The summed E-state index contributed by atoms with van der Waals surface area (Å²) in [5.41, 5.74) is 0.558. The maximum absolute atomic E-state index is 12.7. The van der Waals surface area contributed by atoms with Gasteiger partial charge < -0.3 is 15.5 Å². The first-order valence-electron chi connectivity index (χ1n) is 9.35. The number of benzene rings is 2. The zero-order valence-corrected chi connectivity index (χ0v) is 16.0. The van der Waals surface area contributed by atoms with Gasteiger partial charge in [0.05, 0.1) is 12.1 Å². The van der Waals surface area contributed by atoms with Crippen LogP contribution in [0.1, 0.15) is 34.3 Å². The molecule has 0 aromatic heterocycles. The molecule has 9 heteroatoms. The minimum absolute atomic E-state index is 0.0460. The molecule has 30 heavy (non-hydrogen) atoms. The van der Waals surface area contributed by atoms with E-state index in [0.29, 0.717) is 29.8 Å². The smallest absolute Gasteiger partial charge is 0.350 e. The van der Waals surface area contributed by atoms with Gasteiger partial charge in [0.25, 0.3) is 5.91 Å². The van der Waals surface area contributed by atoms with Crippen molar-refractivity contribution in [1.82, 2.24) is 10.6 Å². The molecule has 1 heterocycles. The van der Waals surface area contributed by atoms with Crippen LogP contribution in [0, 0.1) is 0 Å². The second kappa shape index (κ2) is 8.98. The average Bonchev–Trinajstić information content (AvgIpc) is 3.16. The van der Waals surface area contributed by atoms with Crippen LogP contribution in [0.25, 0.3) is 0 Å². The van der Waals surface area contributed by atoms with E-state index < -0.39 is 23.6 Å². The Kier molecular flexibility index (Phi) is 6.39. The molecular formula is C21H20F3N3O3. The largest absolute Gasteiger partial charge is 0.416 e. The molecule has 0 saturated carbocycles.